The third-order valence-corrected chi connectivity index (χ3v) is 1.79. The average Bonchev–Trinajstić information content (AvgIpc) is 2.35. The quantitative estimate of drug-likeness (QED) is 0.584. The SMILES string of the molecule is CC1=C/C(=N/N(C)C(N)=O)CC1. The number of carbonyl (C=O) groups excluding carboxylic acids is 1. The van der Waals surface area contributed by atoms with Crippen molar-refractivity contribution in [2.24, 2.45) is 10.8 Å². The van der Waals surface area contributed by atoms with Crippen LogP contribution in [0, 0.1) is 0 Å². The highest BCUT2D eigenvalue weighted by atomic mass is 16.2. The molecule has 0 aromatic rings. The Labute approximate surface area is 71.7 Å². The number of nitrogens with two attached hydrogens (primary N) is 1. The molecule has 0 spiro atoms. The maximum Gasteiger partial charge on any atom is 0.334 e. The number of nitrogens with zero attached hydrogens (tertiary/aromatic N) is 2. The van der Waals surface area contributed by atoms with Crippen LogP contribution in [0.2, 0.25) is 0 Å². The molecule has 4 heteroatoms. The van der Waals surface area contributed by atoms with Gasteiger partial charge in [0.1, 0.15) is 0 Å². The van der Waals surface area contributed by atoms with Crippen molar-refractivity contribution in [2.75, 3.05) is 7.05 Å². The summed E-state index contributed by atoms with van der Waals surface area (Å²) in [5, 5.41) is 5.18. The Bertz CT molecular complexity index is 255. The summed E-state index contributed by atoms with van der Waals surface area (Å²) in [7, 11) is 1.55. The largest absolute Gasteiger partial charge is 0.350 e. The van der Waals surface area contributed by atoms with Gasteiger partial charge in [-0.15, -0.1) is 0 Å². The van der Waals surface area contributed by atoms with E-state index in [-0.39, 0.29) is 0 Å². The van der Waals surface area contributed by atoms with Crippen LogP contribution in [0.15, 0.2) is 16.8 Å². The van der Waals surface area contributed by atoms with Gasteiger partial charge in [0.15, 0.2) is 0 Å². The molecule has 0 bridgehead atoms. The lowest BCUT2D eigenvalue weighted by Gasteiger charge is -2.06. The van der Waals surface area contributed by atoms with Gasteiger partial charge in [0.25, 0.3) is 0 Å². The number of hydrogen-bond donors (Lipinski definition) is 1. The van der Waals surface area contributed by atoms with E-state index < -0.39 is 6.03 Å². The van der Waals surface area contributed by atoms with Crippen molar-refractivity contribution in [3.8, 4) is 0 Å². The fourth-order valence-electron chi connectivity index (χ4n) is 1.07. The van der Waals surface area contributed by atoms with E-state index in [1.54, 1.807) is 7.05 Å². The van der Waals surface area contributed by atoms with Crippen molar-refractivity contribution < 1.29 is 4.79 Å². The topological polar surface area (TPSA) is 58.7 Å². The van der Waals surface area contributed by atoms with Crippen LogP contribution in [0.4, 0.5) is 4.79 Å². The summed E-state index contributed by atoms with van der Waals surface area (Å²) in [5.41, 5.74) is 7.23. The summed E-state index contributed by atoms with van der Waals surface area (Å²) in [6, 6.07) is -0.527. The third-order valence-electron chi connectivity index (χ3n) is 1.79. The molecule has 1 aliphatic rings. The molecule has 0 atom stereocenters. The maximum absolute atomic E-state index is 10.6. The third kappa shape index (κ3) is 2.08. The van der Waals surface area contributed by atoms with Crippen molar-refractivity contribution in [2.45, 2.75) is 19.8 Å². The summed E-state index contributed by atoms with van der Waals surface area (Å²) in [6.07, 6.45) is 3.92. The van der Waals surface area contributed by atoms with Crippen LogP contribution in [-0.2, 0) is 0 Å². The van der Waals surface area contributed by atoms with Crippen molar-refractivity contribution in [1.82, 2.24) is 5.01 Å². The maximum atomic E-state index is 10.6. The second kappa shape index (κ2) is 3.38. The van der Waals surface area contributed by atoms with Gasteiger partial charge in [-0.25, -0.2) is 9.80 Å². The molecule has 4 nitrogen and oxygen atoms in total. The Hall–Kier alpha value is -1.32. The van der Waals surface area contributed by atoms with E-state index in [0.29, 0.717) is 0 Å². The van der Waals surface area contributed by atoms with E-state index in [1.807, 2.05) is 13.0 Å². The molecular formula is C8H13N3O. The molecule has 0 saturated carbocycles. The normalized spacial score (nSPS) is 19.5. The smallest absolute Gasteiger partial charge is 0.334 e. The van der Waals surface area contributed by atoms with Crippen molar-refractivity contribution in [3.63, 3.8) is 0 Å². The molecule has 0 heterocycles. The summed E-state index contributed by atoms with van der Waals surface area (Å²) in [6.45, 7) is 2.05. The van der Waals surface area contributed by atoms with Gasteiger partial charge in [-0.2, -0.15) is 5.10 Å². The van der Waals surface area contributed by atoms with Gasteiger partial charge in [-0.05, 0) is 25.8 Å². The summed E-state index contributed by atoms with van der Waals surface area (Å²) >= 11 is 0. The van der Waals surface area contributed by atoms with Crippen molar-refractivity contribution >= 4 is 11.7 Å². The van der Waals surface area contributed by atoms with Gasteiger partial charge >= 0.3 is 6.03 Å². The number of amides is 2. The molecule has 0 aromatic carbocycles. The molecule has 66 valence electrons. The highest BCUT2D eigenvalue weighted by Gasteiger charge is 2.08. The van der Waals surface area contributed by atoms with Crippen LogP contribution in [0.3, 0.4) is 0 Å². The zero-order valence-corrected chi connectivity index (χ0v) is 7.37. The van der Waals surface area contributed by atoms with Crippen LogP contribution in [0.1, 0.15) is 19.8 Å². The number of primary amides is 1. The molecule has 0 saturated heterocycles. The number of hydrazone groups is 1. The lowest BCUT2D eigenvalue weighted by molar-refractivity contribution is 0.220. The molecule has 0 aromatic heterocycles. The van der Waals surface area contributed by atoms with E-state index in [1.165, 1.54) is 5.57 Å². The Morgan fingerprint density at radius 2 is 2.33 bits per heavy atom. The van der Waals surface area contributed by atoms with Crippen LogP contribution < -0.4 is 5.73 Å². The van der Waals surface area contributed by atoms with E-state index in [0.717, 1.165) is 23.6 Å². The standard InChI is InChI=1S/C8H13N3O/c1-6-3-4-7(5-6)10-11(2)8(9)12/h5H,3-4H2,1-2H3,(H2,9,12)/b10-7+. The molecule has 0 aliphatic heterocycles. The summed E-state index contributed by atoms with van der Waals surface area (Å²) in [4.78, 5) is 10.6. The molecule has 2 N–H and O–H groups in total. The average molecular weight is 167 g/mol. The van der Waals surface area contributed by atoms with E-state index in [4.69, 9.17) is 5.73 Å². The van der Waals surface area contributed by atoms with Crippen molar-refractivity contribution in [1.29, 1.82) is 0 Å². The molecular weight excluding hydrogens is 154 g/mol. The fraction of sp³-hybridized carbons (Fsp3) is 0.500. The monoisotopic (exact) mass is 167 g/mol. The zero-order valence-electron chi connectivity index (χ0n) is 7.37. The highest BCUT2D eigenvalue weighted by molar-refractivity contribution is 5.98. The first-order chi connectivity index (χ1) is 5.59. The Balaban J connectivity index is 2.64. The van der Waals surface area contributed by atoms with Crippen LogP contribution >= 0.6 is 0 Å². The van der Waals surface area contributed by atoms with Gasteiger partial charge in [0.2, 0.25) is 0 Å². The van der Waals surface area contributed by atoms with E-state index >= 15 is 0 Å². The van der Waals surface area contributed by atoms with Crippen LogP contribution in [-0.4, -0.2) is 23.8 Å². The Morgan fingerprint density at radius 3 is 2.75 bits per heavy atom. The minimum Gasteiger partial charge on any atom is -0.350 e. The minimum atomic E-state index is -0.527. The first-order valence-electron chi connectivity index (χ1n) is 3.87. The zero-order chi connectivity index (χ0) is 9.14. The molecule has 0 unspecified atom stereocenters. The Kier molecular flexibility index (Phi) is 2.47. The van der Waals surface area contributed by atoms with Crippen LogP contribution in [0.5, 0.6) is 0 Å². The van der Waals surface area contributed by atoms with E-state index in [9.17, 15) is 4.79 Å². The van der Waals surface area contributed by atoms with Gasteiger partial charge < -0.3 is 5.73 Å². The second-order valence-corrected chi connectivity index (χ2v) is 2.94. The Morgan fingerprint density at radius 1 is 1.67 bits per heavy atom. The minimum absolute atomic E-state index is 0.527. The first-order valence-corrected chi connectivity index (χ1v) is 3.87. The van der Waals surface area contributed by atoms with Gasteiger partial charge in [0.05, 0.1) is 5.71 Å². The number of carbonyl (C=O) groups is 1. The predicted octanol–water partition coefficient (Wildman–Crippen LogP) is 1.09. The van der Waals surface area contributed by atoms with Gasteiger partial charge in [-0.3, -0.25) is 0 Å². The lowest BCUT2D eigenvalue weighted by Crippen LogP contribution is -2.28. The number of hydrogen-bond acceptors (Lipinski definition) is 2. The first kappa shape index (κ1) is 8.77. The molecule has 2 amide bonds. The van der Waals surface area contributed by atoms with Gasteiger partial charge in [0, 0.05) is 7.05 Å². The lowest BCUT2D eigenvalue weighted by atomic mass is 10.3. The second-order valence-electron chi connectivity index (χ2n) is 2.94. The molecule has 0 fully saturated rings. The van der Waals surface area contributed by atoms with Crippen LogP contribution in [0.25, 0.3) is 0 Å². The molecule has 0 radical (unpaired) electrons. The molecule has 1 aliphatic carbocycles. The molecule has 1 rings (SSSR count). The highest BCUT2D eigenvalue weighted by Crippen LogP contribution is 2.14. The number of urea groups is 1. The van der Waals surface area contributed by atoms with Gasteiger partial charge in [-0.1, -0.05) is 5.57 Å². The number of allylic oxidation sites excluding steroid dienone is 2. The predicted molar refractivity (Wildman–Crippen MR) is 47.8 cm³/mol. The van der Waals surface area contributed by atoms with E-state index in [2.05, 4.69) is 5.10 Å². The fourth-order valence-corrected chi connectivity index (χ4v) is 1.07. The molecule has 12 heavy (non-hydrogen) atoms. The van der Waals surface area contributed by atoms with Crippen molar-refractivity contribution in [3.05, 3.63) is 11.6 Å². The number of rotatable bonds is 1. The summed E-state index contributed by atoms with van der Waals surface area (Å²) in [5.74, 6) is 0. The summed E-state index contributed by atoms with van der Waals surface area (Å²) < 4.78 is 0.